The van der Waals surface area contributed by atoms with Crippen LogP contribution in [-0.4, -0.2) is 9.02 Å². The van der Waals surface area contributed by atoms with E-state index in [4.69, 9.17) is 16.9 Å². The lowest BCUT2D eigenvalue weighted by Crippen LogP contribution is -2.22. The SMILES string of the molecule is N#CC(Br)(Br)C(=O)c1ccccc1Cl. The first kappa shape index (κ1) is 11.7. The van der Waals surface area contributed by atoms with E-state index < -0.39 is 9.02 Å². The predicted octanol–water partition coefficient (Wildman–Crippen LogP) is 3.53. The number of nitrogens with zero attached hydrogens (tertiary/aromatic N) is 1. The smallest absolute Gasteiger partial charge is 0.228 e. The lowest BCUT2D eigenvalue weighted by Gasteiger charge is -2.10. The highest BCUT2D eigenvalue weighted by atomic mass is 79.9. The topological polar surface area (TPSA) is 40.9 Å². The molecule has 72 valence electrons. The second-order valence-corrected chi connectivity index (χ2v) is 6.35. The minimum absolute atomic E-state index is 0.310. The van der Waals surface area contributed by atoms with Crippen LogP contribution in [-0.2, 0) is 0 Å². The van der Waals surface area contributed by atoms with Crippen molar-refractivity contribution in [3.05, 3.63) is 34.9 Å². The summed E-state index contributed by atoms with van der Waals surface area (Å²) in [6.07, 6.45) is 0. The Balaban J connectivity index is 3.16. The number of rotatable bonds is 2. The summed E-state index contributed by atoms with van der Waals surface area (Å²) < 4.78 is -1.40. The molecule has 0 fully saturated rings. The second-order valence-electron chi connectivity index (χ2n) is 2.50. The largest absolute Gasteiger partial charge is 0.290 e. The van der Waals surface area contributed by atoms with Crippen LogP contribution in [0.4, 0.5) is 0 Å². The highest BCUT2D eigenvalue weighted by Gasteiger charge is 2.34. The van der Waals surface area contributed by atoms with Crippen LogP contribution in [0.1, 0.15) is 10.4 Å². The molecular weight excluding hydrogens is 333 g/mol. The standard InChI is InChI=1S/C9H4Br2ClNO/c10-9(11,5-13)8(14)6-3-1-2-4-7(6)12/h1-4H. The first-order valence-electron chi connectivity index (χ1n) is 3.57. The fraction of sp³-hybridized carbons (Fsp3) is 0.111. The van der Waals surface area contributed by atoms with Crippen molar-refractivity contribution < 1.29 is 4.79 Å². The van der Waals surface area contributed by atoms with Gasteiger partial charge in [0, 0.05) is 5.56 Å². The third-order valence-corrected chi connectivity index (χ3v) is 2.95. The van der Waals surface area contributed by atoms with Gasteiger partial charge in [0.15, 0.2) is 0 Å². The Morgan fingerprint density at radius 1 is 1.43 bits per heavy atom. The van der Waals surface area contributed by atoms with Crippen molar-refractivity contribution in [3.63, 3.8) is 0 Å². The summed E-state index contributed by atoms with van der Waals surface area (Å²) in [5.41, 5.74) is 0.310. The van der Waals surface area contributed by atoms with E-state index in [-0.39, 0.29) is 0 Å². The highest BCUT2D eigenvalue weighted by molar-refractivity contribution is 9.26. The summed E-state index contributed by atoms with van der Waals surface area (Å²) in [4.78, 5) is 11.7. The van der Waals surface area contributed by atoms with Gasteiger partial charge < -0.3 is 0 Å². The summed E-state index contributed by atoms with van der Waals surface area (Å²) in [5.74, 6) is -0.411. The zero-order valence-corrected chi connectivity index (χ0v) is 10.7. The molecule has 0 aromatic heterocycles. The van der Waals surface area contributed by atoms with E-state index in [1.54, 1.807) is 30.3 Å². The molecule has 5 heteroatoms. The number of hydrogen-bond donors (Lipinski definition) is 0. The molecule has 0 radical (unpaired) electrons. The van der Waals surface area contributed by atoms with E-state index in [0.717, 1.165) is 0 Å². The Kier molecular flexibility index (Phi) is 3.71. The number of hydrogen-bond acceptors (Lipinski definition) is 2. The van der Waals surface area contributed by atoms with E-state index in [2.05, 4.69) is 31.9 Å². The maximum absolute atomic E-state index is 11.7. The predicted molar refractivity (Wildman–Crippen MR) is 62.0 cm³/mol. The lowest BCUT2D eigenvalue weighted by molar-refractivity contribution is 0.0997. The highest BCUT2D eigenvalue weighted by Crippen LogP contribution is 2.31. The quantitative estimate of drug-likeness (QED) is 0.612. The van der Waals surface area contributed by atoms with Crippen molar-refractivity contribution >= 4 is 49.2 Å². The van der Waals surface area contributed by atoms with Gasteiger partial charge in [-0.3, -0.25) is 4.79 Å². The number of halogens is 3. The van der Waals surface area contributed by atoms with Gasteiger partial charge in [0.05, 0.1) is 5.02 Å². The molecule has 1 rings (SSSR count). The van der Waals surface area contributed by atoms with E-state index >= 15 is 0 Å². The molecule has 0 atom stereocenters. The number of carbonyl (C=O) groups is 1. The molecule has 0 N–H and O–H groups in total. The van der Waals surface area contributed by atoms with E-state index in [9.17, 15) is 4.79 Å². The Labute approximate surface area is 103 Å². The van der Waals surface area contributed by atoms with Crippen LogP contribution in [0.3, 0.4) is 0 Å². The molecule has 0 bridgehead atoms. The van der Waals surface area contributed by atoms with Gasteiger partial charge >= 0.3 is 0 Å². The Bertz CT molecular complexity index is 412. The van der Waals surface area contributed by atoms with Crippen LogP contribution < -0.4 is 0 Å². The lowest BCUT2D eigenvalue weighted by atomic mass is 10.1. The molecule has 2 nitrogen and oxygen atoms in total. The first-order chi connectivity index (χ1) is 6.49. The van der Waals surface area contributed by atoms with Gasteiger partial charge in [0.1, 0.15) is 6.07 Å². The van der Waals surface area contributed by atoms with Crippen molar-refractivity contribution in [2.75, 3.05) is 0 Å². The average molecular weight is 337 g/mol. The van der Waals surface area contributed by atoms with Crippen LogP contribution in [0.2, 0.25) is 5.02 Å². The average Bonchev–Trinajstić information content (AvgIpc) is 2.17. The van der Waals surface area contributed by atoms with Crippen molar-refractivity contribution in [1.82, 2.24) is 0 Å². The van der Waals surface area contributed by atoms with Gasteiger partial charge in [0.25, 0.3) is 0 Å². The Hall–Kier alpha value is -0.370. The Morgan fingerprint density at radius 3 is 2.50 bits per heavy atom. The van der Waals surface area contributed by atoms with E-state index in [1.165, 1.54) is 0 Å². The van der Waals surface area contributed by atoms with Crippen molar-refractivity contribution in [3.8, 4) is 6.07 Å². The van der Waals surface area contributed by atoms with E-state index in [1.807, 2.05) is 0 Å². The number of Topliss-reactive ketones (excluding diaryl/α,β-unsaturated/α-hetero) is 1. The van der Waals surface area contributed by atoms with Crippen LogP contribution in [0.5, 0.6) is 0 Å². The van der Waals surface area contributed by atoms with Gasteiger partial charge in [-0.1, -0.05) is 23.7 Å². The fourth-order valence-electron chi connectivity index (χ4n) is 0.865. The molecule has 0 aliphatic carbocycles. The summed E-state index contributed by atoms with van der Waals surface area (Å²) in [5, 5.41) is 9.04. The van der Waals surface area contributed by atoms with Gasteiger partial charge in [-0.15, -0.1) is 0 Å². The molecule has 1 aromatic carbocycles. The second kappa shape index (κ2) is 4.43. The minimum Gasteiger partial charge on any atom is -0.290 e. The van der Waals surface area contributed by atoms with Gasteiger partial charge in [-0.05, 0) is 44.0 Å². The number of alkyl halides is 2. The van der Waals surface area contributed by atoms with Crippen molar-refractivity contribution in [2.24, 2.45) is 0 Å². The summed E-state index contributed by atoms with van der Waals surface area (Å²) >= 11 is 11.7. The third-order valence-electron chi connectivity index (χ3n) is 1.54. The first-order valence-corrected chi connectivity index (χ1v) is 5.54. The normalized spacial score (nSPS) is 10.7. The number of benzene rings is 1. The van der Waals surface area contributed by atoms with Gasteiger partial charge in [-0.2, -0.15) is 5.26 Å². The van der Waals surface area contributed by atoms with Crippen LogP contribution >= 0.6 is 43.5 Å². The van der Waals surface area contributed by atoms with Crippen molar-refractivity contribution in [1.29, 1.82) is 5.26 Å². The zero-order chi connectivity index (χ0) is 10.8. The molecule has 0 unspecified atom stereocenters. The molecule has 0 saturated heterocycles. The number of carbonyl (C=O) groups excluding carboxylic acids is 1. The molecule has 0 aliphatic rings. The van der Waals surface area contributed by atoms with Crippen LogP contribution in [0, 0.1) is 11.3 Å². The molecular formula is C9H4Br2ClNO. The molecule has 0 spiro atoms. The summed E-state index contributed by atoms with van der Waals surface area (Å²) in [7, 11) is 0. The number of nitriles is 1. The fourth-order valence-corrected chi connectivity index (χ4v) is 1.51. The third kappa shape index (κ3) is 2.35. The molecule has 14 heavy (non-hydrogen) atoms. The van der Waals surface area contributed by atoms with E-state index in [0.29, 0.717) is 10.6 Å². The zero-order valence-electron chi connectivity index (χ0n) is 6.80. The monoisotopic (exact) mass is 335 g/mol. The van der Waals surface area contributed by atoms with Crippen LogP contribution in [0.25, 0.3) is 0 Å². The number of ketones is 1. The van der Waals surface area contributed by atoms with Gasteiger partial charge in [-0.25, -0.2) is 0 Å². The molecule has 0 saturated carbocycles. The van der Waals surface area contributed by atoms with Crippen LogP contribution in [0.15, 0.2) is 24.3 Å². The van der Waals surface area contributed by atoms with Gasteiger partial charge in [0.2, 0.25) is 9.02 Å². The van der Waals surface area contributed by atoms with Crippen molar-refractivity contribution in [2.45, 2.75) is 3.23 Å². The Morgan fingerprint density at radius 2 is 2.00 bits per heavy atom. The summed E-state index contributed by atoms with van der Waals surface area (Å²) in [6.45, 7) is 0. The molecule has 1 aromatic rings. The molecule has 0 amide bonds. The molecule has 0 aliphatic heterocycles. The maximum atomic E-state index is 11.7. The summed E-state index contributed by atoms with van der Waals surface area (Å²) in [6, 6.07) is 8.37. The minimum atomic E-state index is -1.40. The maximum Gasteiger partial charge on any atom is 0.228 e. The molecule has 0 heterocycles.